The molecule has 5 nitrogen and oxygen atoms in total. The van der Waals surface area contributed by atoms with Crippen LogP contribution in [0.3, 0.4) is 0 Å². The SMILES string of the molecule is C=CCN(CC(=O)O)C(=O)Nc1c(Br)cc(C)cc1Br. The van der Waals surface area contributed by atoms with Crippen molar-refractivity contribution in [3.05, 3.63) is 39.3 Å². The third kappa shape index (κ3) is 4.64. The molecule has 0 saturated heterocycles. The van der Waals surface area contributed by atoms with E-state index in [0.717, 1.165) is 10.5 Å². The Labute approximate surface area is 133 Å². The van der Waals surface area contributed by atoms with E-state index < -0.39 is 12.0 Å². The highest BCUT2D eigenvalue weighted by atomic mass is 79.9. The second-order valence-electron chi connectivity index (χ2n) is 4.10. The number of nitrogens with one attached hydrogen (secondary N) is 1. The number of amides is 2. The van der Waals surface area contributed by atoms with E-state index in [2.05, 4.69) is 43.8 Å². The van der Waals surface area contributed by atoms with Crippen LogP contribution in [0.5, 0.6) is 0 Å². The Hall–Kier alpha value is -1.34. The first-order chi connectivity index (χ1) is 9.35. The molecule has 1 rings (SSSR count). The van der Waals surface area contributed by atoms with Gasteiger partial charge < -0.3 is 15.3 Å². The fourth-order valence-corrected chi connectivity index (χ4v) is 3.16. The summed E-state index contributed by atoms with van der Waals surface area (Å²) in [6, 6.07) is 3.21. The number of benzene rings is 1. The lowest BCUT2D eigenvalue weighted by Crippen LogP contribution is -2.39. The van der Waals surface area contributed by atoms with Crippen LogP contribution in [0.4, 0.5) is 10.5 Å². The summed E-state index contributed by atoms with van der Waals surface area (Å²) in [5, 5.41) is 11.5. The maximum atomic E-state index is 12.1. The first kappa shape index (κ1) is 16.7. The Balaban J connectivity index is 2.93. The summed E-state index contributed by atoms with van der Waals surface area (Å²) in [7, 11) is 0. The lowest BCUT2D eigenvalue weighted by molar-refractivity contribution is -0.137. The van der Waals surface area contributed by atoms with E-state index in [1.165, 1.54) is 6.08 Å². The summed E-state index contributed by atoms with van der Waals surface area (Å²) in [6.07, 6.45) is 1.47. The molecule has 20 heavy (non-hydrogen) atoms. The molecule has 108 valence electrons. The van der Waals surface area contributed by atoms with Gasteiger partial charge in [0.1, 0.15) is 6.54 Å². The molecule has 0 unspecified atom stereocenters. The van der Waals surface area contributed by atoms with Crippen LogP contribution in [0.25, 0.3) is 0 Å². The summed E-state index contributed by atoms with van der Waals surface area (Å²) < 4.78 is 1.43. The lowest BCUT2D eigenvalue weighted by Gasteiger charge is -2.20. The number of carboxylic acids is 1. The van der Waals surface area contributed by atoms with Crippen LogP contribution in [-0.2, 0) is 4.79 Å². The Morgan fingerprint density at radius 1 is 1.40 bits per heavy atom. The van der Waals surface area contributed by atoms with Gasteiger partial charge in [0.2, 0.25) is 0 Å². The Morgan fingerprint density at radius 2 is 1.95 bits per heavy atom. The van der Waals surface area contributed by atoms with Gasteiger partial charge in [0.15, 0.2) is 0 Å². The predicted molar refractivity (Wildman–Crippen MR) is 85.0 cm³/mol. The molecular formula is C13H14Br2N2O3. The molecular weight excluding hydrogens is 392 g/mol. The average Bonchev–Trinajstić information content (AvgIpc) is 2.32. The molecule has 1 aromatic rings. The van der Waals surface area contributed by atoms with Crippen molar-refractivity contribution in [2.24, 2.45) is 0 Å². The number of halogens is 2. The van der Waals surface area contributed by atoms with Crippen LogP contribution in [0.15, 0.2) is 33.7 Å². The first-order valence-corrected chi connectivity index (χ1v) is 7.28. The van der Waals surface area contributed by atoms with Crippen molar-refractivity contribution in [1.82, 2.24) is 4.90 Å². The monoisotopic (exact) mass is 404 g/mol. The lowest BCUT2D eigenvalue weighted by atomic mass is 10.2. The third-order valence-corrected chi connectivity index (χ3v) is 3.63. The number of anilines is 1. The Bertz CT molecular complexity index is 523. The van der Waals surface area contributed by atoms with Gasteiger partial charge in [0.05, 0.1) is 5.69 Å². The number of nitrogens with zero attached hydrogens (tertiary/aromatic N) is 1. The maximum absolute atomic E-state index is 12.1. The van der Waals surface area contributed by atoms with Crippen LogP contribution >= 0.6 is 31.9 Å². The van der Waals surface area contributed by atoms with E-state index in [1.54, 1.807) is 0 Å². The number of carbonyl (C=O) groups excluding carboxylic acids is 1. The number of aliphatic carboxylic acids is 1. The van der Waals surface area contributed by atoms with Crippen molar-refractivity contribution in [1.29, 1.82) is 0 Å². The fourth-order valence-electron chi connectivity index (χ4n) is 1.54. The highest BCUT2D eigenvalue weighted by molar-refractivity contribution is 9.11. The largest absolute Gasteiger partial charge is 0.480 e. The quantitative estimate of drug-likeness (QED) is 0.735. The highest BCUT2D eigenvalue weighted by Crippen LogP contribution is 2.32. The molecule has 0 fully saturated rings. The molecule has 0 aromatic heterocycles. The molecule has 0 spiro atoms. The van der Waals surface area contributed by atoms with Gasteiger partial charge in [0.25, 0.3) is 0 Å². The van der Waals surface area contributed by atoms with Crippen molar-refractivity contribution >= 4 is 49.5 Å². The van der Waals surface area contributed by atoms with E-state index in [4.69, 9.17) is 5.11 Å². The predicted octanol–water partition coefficient (Wildman–Crippen LogP) is 3.62. The summed E-state index contributed by atoms with van der Waals surface area (Å²) in [4.78, 5) is 24.0. The molecule has 2 amide bonds. The minimum Gasteiger partial charge on any atom is -0.480 e. The Kier molecular flexibility index (Phi) is 6.22. The number of hydrogen-bond acceptors (Lipinski definition) is 2. The van der Waals surface area contributed by atoms with E-state index in [1.807, 2.05) is 19.1 Å². The smallest absolute Gasteiger partial charge is 0.323 e. The summed E-state index contributed by atoms with van der Waals surface area (Å²) >= 11 is 6.73. The van der Waals surface area contributed by atoms with Crippen LogP contribution in [0.1, 0.15) is 5.56 Å². The van der Waals surface area contributed by atoms with Crippen molar-refractivity contribution in [3.8, 4) is 0 Å². The van der Waals surface area contributed by atoms with Crippen LogP contribution in [-0.4, -0.2) is 35.1 Å². The van der Waals surface area contributed by atoms with Gasteiger partial charge in [-0.15, -0.1) is 6.58 Å². The molecule has 0 heterocycles. The number of aryl methyl sites for hydroxylation is 1. The zero-order chi connectivity index (χ0) is 15.3. The minimum atomic E-state index is -1.08. The van der Waals surface area contributed by atoms with Gasteiger partial charge in [-0.05, 0) is 56.5 Å². The third-order valence-electron chi connectivity index (χ3n) is 2.38. The molecule has 1 aromatic carbocycles. The highest BCUT2D eigenvalue weighted by Gasteiger charge is 2.17. The second-order valence-corrected chi connectivity index (χ2v) is 5.81. The van der Waals surface area contributed by atoms with E-state index in [9.17, 15) is 9.59 Å². The normalized spacial score (nSPS) is 9.95. The molecule has 0 atom stereocenters. The number of carboxylic acid groups (broad SMARTS) is 1. The van der Waals surface area contributed by atoms with Gasteiger partial charge in [-0.3, -0.25) is 4.79 Å². The van der Waals surface area contributed by atoms with Gasteiger partial charge in [0, 0.05) is 15.5 Å². The van der Waals surface area contributed by atoms with Gasteiger partial charge in [-0.2, -0.15) is 0 Å². The maximum Gasteiger partial charge on any atom is 0.323 e. The van der Waals surface area contributed by atoms with Crippen molar-refractivity contribution in [3.63, 3.8) is 0 Å². The summed E-state index contributed by atoms with van der Waals surface area (Å²) in [6.45, 7) is 5.20. The van der Waals surface area contributed by atoms with Gasteiger partial charge in [-0.1, -0.05) is 6.08 Å². The van der Waals surface area contributed by atoms with Crippen molar-refractivity contribution < 1.29 is 14.7 Å². The van der Waals surface area contributed by atoms with E-state index in [0.29, 0.717) is 14.6 Å². The molecule has 2 N–H and O–H groups in total. The zero-order valence-electron chi connectivity index (χ0n) is 10.8. The molecule has 0 bridgehead atoms. The van der Waals surface area contributed by atoms with E-state index >= 15 is 0 Å². The molecule has 0 saturated carbocycles. The molecule has 0 aliphatic heterocycles. The zero-order valence-corrected chi connectivity index (χ0v) is 14.0. The van der Waals surface area contributed by atoms with Crippen LogP contribution < -0.4 is 5.32 Å². The topological polar surface area (TPSA) is 69.6 Å². The van der Waals surface area contributed by atoms with E-state index in [-0.39, 0.29) is 13.1 Å². The van der Waals surface area contributed by atoms with Crippen LogP contribution in [0, 0.1) is 6.92 Å². The van der Waals surface area contributed by atoms with Gasteiger partial charge >= 0.3 is 12.0 Å². The van der Waals surface area contributed by atoms with Crippen molar-refractivity contribution in [2.45, 2.75) is 6.92 Å². The minimum absolute atomic E-state index is 0.152. The Morgan fingerprint density at radius 3 is 2.40 bits per heavy atom. The average molecular weight is 406 g/mol. The van der Waals surface area contributed by atoms with Crippen LogP contribution in [0.2, 0.25) is 0 Å². The number of carbonyl (C=O) groups is 2. The number of rotatable bonds is 5. The summed E-state index contributed by atoms with van der Waals surface area (Å²) in [5.74, 6) is -1.08. The molecule has 0 radical (unpaired) electrons. The molecule has 0 aliphatic rings. The molecule has 0 aliphatic carbocycles. The van der Waals surface area contributed by atoms with Crippen molar-refractivity contribution in [2.75, 3.05) is 18.4 Å². The second kappa shape index (κ2) is 7.44. The number of urea groups is 1. The standard InChI is InChI=1S/C13H14Br2N2O3/c1-3-4-17(7-11(18)19)13(20)16-12-9(14)5-8(2)6-10(12)15/h3,5-6H,1,4,7H2,2H3,(H,16,20)(H,18,19). The fraction of sp³-hybridized carbons (Fsp3) is 0.231. The molecule has 7 heteroatoms. The summed E-state index contributed by atoms with van der Waals surface area (Å²) in [5.41, 5.74) is 1.58. The first-order valence-electron chi connectivity index (χ1n) is 5.69. The van der Waals surface area contributed by atoms with Gasteiger partial charge in [-0.25, -0.2) is 4.79 Å². The number of hydrogen-bond donors (Lipinski definition) is 2.